The van der Waals surface area contributed by atoms with E-state index >= 15 is 0 Å². The fourth-order valence-corrected chi connectivity index (χ4v) is 2.70. The summed E-state index contributed by atoms with van der Waals surface area (Å²) in [7, 11) is 0. The average Bonchev–Trinajstić information content (AvgIpc) is 2.96. The van der Waals surface area contributed by atoms with Crippen molar-refractivity contribution in [1.29, 1.82) is 0 Å². The lowest BCUT2D eigenvalue weighted by atomic mass is 10.0. The van der Waals surface area contributed by atoms with E-state index in [0.717, 1.165) is 33.2 Å². The van der Waals surface area contributed by atoms with Crippen LogP contribution in [0.25, 0.3) is 11.0 Å². The third-order valence-electron chi connectivity index (χ3n) is 4.26. The smallest absolute Gasteiger partial charge is 0.387 e. The zero-order chi connectivity index (χ0) is 18.7. The van der Waals surface area contributed by atoms with E-state index in [2.05, 4.69) is 10.1 Å². The fourth-order valence-electron chi connectivity index (χ4n) is 2.70. The Balaban J connectivity index is 1.60. The molecule has 0 fully saturated rings. The second-order valence-electron chi connectivity index (χ2n) is 6.17. The Hall–Kier alpha value is -2.89. The maximum Gasteiger partial charge on any atom is 0.387 e. The van der Waals surface area contributed by atoms with Crippen LogP contribution in [-0.2, 0) is 17.8 Å². The van der Waals surface area contributed by atoms with Crippen LogP contribution in [0.1, 0.15) is 22.3 Å². The number of carbonyl (C=O) groups excluding carboxylic acids is 1. The van der Waals surface area contributed by atoms with Gasteiger partial charge in [-0.3, -0.25) is 4.79 Å². The topological polar surface area (TPSA) is 51.5 Å². The van der Waals surface area contributed by atoms with Gasteiger partial charge in [-0.1, -0.05) is 12.1 Å². The summed E-state index contributed by atoms with van der Waals surface area (Å²) in [6, 6.07) is 10.2. The van der Waals surface area contributed by atoms with Crippen molar-refractivity contribution in [2.24, 2.45) is 0 Å². The van der Waals surface area contributed by atoms with E-state index in [1.807, 2.05) is 26.0 Å². The quantitative estimate of drug-likeness (QED) is 0.704. The molecule has 3 aromatic rings. The lowest BCUT2D eigenvalue weighted by Crippen LogP contribution is -2.24. The number of halogens is 2. The maximum atomic E-state index is 12.2. The van der Waals surface area contributed by atoms with Crippen molar-refractivity contribution in [1.82, 2.24) is 5.32 Å². The summed E-state index contributed by atoms with van der Waals surface area (Å²) < 4.78 is 34.1. The van der Waals surface area contributed by atoms with E-state index in [9.17, 15) is 13.6 Å². The van der Waals surface area contributed by atoms with E-state index in [1.165, 1.54) is 12.1 Å². The zero-order valence-electron chi connectivity index (χ0n) is 14.5. The molecular weight excluding hydrogens is 340 g/mol. The van der Waals surface area contributed by atoms with Gasteiger partial charge in [0.1, 0.15) is 11.3 Å². The number of amides is 1. The van der Waals surface area contributed by atoms with Crippen LogP contribution in [-0.4, -0.2) is 12.5 Å². The molecule has 136 valence electrons. The number of benzene rings is 2. The standard InChI is InChI=1S/C20H19F2NO3/c1-12-7-17-15(11-25-18(17)8-13(12)2)9-19(24)23-10-14-3-5-16(6-4-14)26-20(21)22/h3-8,11,20H,9-10H2,1-2H3,(H,23,24). The number of nitrogens with one attached hydrogen (secondary N) is 1. The number of furan rings is 1. The summed E-state index contributed by atoms with van der Waals surface area (Å²) in [5, 5.41) is 3.76. The molecule has 0 aliphatic carbocycles. The Morgan fingerprint density at radius 3 is 2.54 bits per heavy atom. The Morgan fingerprint density at radius 1 is 1.15 bits per heavy atom. The summed E-state index contributed by atoms with van der Waals surface area (Å²) in [5.41, 5.74) is 4.68. The molecule has 6 heteroatoms. The molecule has 0 spiro atoms. The molecule has 0 radical (unpaired) electrons. The second kappa shape index (κ2) is 7.56. The number of carbonyl (C=O) groups is 1. The van der Waals surface area contributed by atoms with Gasteiger partial charge in [0.2, 0.25) is 5.91 Å². The molecule has 1 amide bonds. The normalized spacial score (nSPS) is 11.1. The van der Waals surface area contributed by atoms with Crippen LogP contribution in [0.4, 0.5) is 8.78 Å². The number of hydrogen-bond acceptors (Lipinski definition) is 3. The number of ether oxygens (including phenoxy) is 1. The lowest BCUT2D eigenvalue weighted by Gasteiger charge is -2.07. The van der Waals surface area contributed by atoms with E-state index < -0.39 is 6.61 Å². The lowest BCUT2D eigenvalue weighted by molar-refractivity contribution is -0.120. The molecule has 0 aliphatic rings. The molecule has 26 heavy (non-hydrogen) atoms. The van der Waals surface area contributed by atoms with Crippen molar-refractivity contribution >= 4 is 16.9 Å². The number of rotatable bonds is 6. The van der Waals surface area contributed by atoms with Crippen molar-refractivity contribution < 1.29 is 22.7 Å². The van der Waals surface area contributed by atoms with Gasteiger partial charge < -0.3 is 14.5 Å². The van der Waals surface area contributed by atoms with Crippen LogP contribution in [0.2, 0.25) is 0 Å². The second-order valence-corrected chi connectivity index (χ2v) is 6.17. The number of aryl methyl sites for hydroxylation is 2. The highest BCUT2D eigenvalue weighted by Crippen LogP contribution is 2.25. The molecule has 0 bridgehead atoms. The molecule has 4 nitrogen and oxygen atoms in total. The van der Waals surface area contributed by atoms with Crippen molar-refractivity contribution in [2.45, 2.75) is 33.4 Å². The molecule has 0 aliphatic heterocycles. The Labute approximate surface area is 149 Å². The molecular formula is C20H19F2NO3. The van der Waals surface area contributed by atoms with Crippen LogP contribution in [0.15, 0.2) is 47.1 Å². The summed E-state index contributed by atoms with van der Waals surface area (Å²) in [4.78, 5) is 12.2. The van der Waals surface area contributed by atoms with Crippen LogP contribution >= 0.6 is 0 Å². The van der Waals surface area contributed by atoms with Crippen LogP contribution in [0.3, 0.4) is 0 Å². The first kappa shape index (κ1) is 17.9. The molecule has 1 N–H and O–H groups in total. The molecule has 1 heterocycles. The zero-order valence-corrected chi connectivity index (χ0v) is 14.5. The van der Waals surface area contributed by atoms with Crippen LogP contribution < -0.4 is 10.1 Å². The van der Waals surface area contributed by atoms with Gasteiger partial charge in [0.25, 0.3) is 0 Å². The monoisotopic (exact) mass is 359 g/mol. The SMILES string of the molecule is Cc1cc2occ(CC(=O)NCc3ccc(OC(F)F)cc3)c2cc1C. The predicted molar refractivity (Wildman–Crippen MR) is 94.3 cm³/mol. The summed E-state index contributed by atoms with van der Waals surface area (Å²) >= 11 is 0. The van der Waals surface area contributed by atoms with Gasteiger partial charge in [-0.25, -0.2) is 0 Å². The maximum absolute atomic E-state index is 12.2. The van der Waals surface area contributed by atoms with E-state index in [0.29, 0.717) is 6.54 Å². The molecule has 3 rings (SSSR count). The molecule has 2 aromatic carbocycles. The van der Waals surface area contributed by atoms with E-state index in [-0.39, 0.29) is 18.1 Å². The minimum atomic E-state index is -2.85. The average molecular weight is 359 g/mol. The van der Waals surface area contributed by atoms with Crippen LogP contribution in [0, 0.1) is 13.8 Å². The first-order valence-electron chi connectivity index (χ1n) is 8.20. The summed E-state index contributed by atoms with van der Waals surface area (Å²) in [6.45, 7) is 1.49. The number of alkyl halides is 2. The van der Waals surface area contributed by atoms with Crippen molar-refractivity contribution in [2.75, 3.05) is 0 Å². The summed E-state index contributed by atoms with van der Waals surface area (Å²) in [6.07, 6.45) is 1.82. The first-order valence-corrected chi connectivity index (χ1v) is 8.20. The van der Waals surface area contributed by atoms with Crippen molar-refractivity contribution in [3.63, 3.8) is 0 Å². The predicted octanol–water partition coefficient (Wildman–Crippen LogP) is 4.51. The van der Waals surface area contributed by atoms with Crippen LogP contribution in [0.5, 0.6) is 5.75 Å². The third kappa shape index (κ3) is 4.20. The van der Waals surface area contributed by atoms with Crippen molar-refractivity contribution in [3.05, 3.63) is 64.9 Å². The summed E-state index contributed by atoms with van der Waals surface area (Å²) in [5.74, 6) is -0.0514. The van der Waals surface area contributed by atoms with E-state index in [1.54, 1.807) is 18.4 Å². The van der Waals surface area contributed by atoms with Gasteiger partial charge in [-0.15, -0.1) is 0 Å². The van der Waals surface area contributed by atoms with E-state index in [4.69, 9.17) is 4.42 Å². The van der Waals surface area contributed by atoms with Gasteiger partial charge in [0.15, 0.2) is 0 Å². The van der Waals surface area contributed by atoms with Gasteiger partial charge >= 0.3 is 6.61 Å². The minimum Gasteiger partial charge on any atom is -0.464 e. The van der Waals surface area contributed by atoms with Gasteiger partial charge in [0, 0.05) is 17.5 Å². The van der Waals surface area contributed by atoms with Crippen molar-refractivity contribution in [3.8, 4) is 5.75 Å². The Morgan fingerprint density at radius 2 is 1.85 bits per heavy atom. The highest BCUT2D eigenvalue weighted by molar-refractivity contribution is 5.88. The van der Waals surface area contributed by atoms with Gasteiger partial charge in [-0.05, 0) is 54.8 Å². The molecule has 0 saturated carbocycles. The minimum absolute atomic E-state index is 0.0885. The largest absolute Gasteiger partial charge is 0.464 e. The molecule has 0 unspecified atom stereocenters. The third-order valence-corrected chi connectivity index (χ3v) is 4.26. The molecule has 0 saturated heterocycles. The Kier molecular flexibility index (Phi) is 5.21. The highest BCUT2D eigenvalue weighted by Gasteiger charge is 2.12. The van der Waals surface area contributed by atoms with Gasteiger partial charge in [-0.2, -0.15) is 8.78 Å². The highest BCUT2D eigenvalue weighted by atomic mass is 19.3. The van der Waals surface area contributed by atoms with Gasteiger partial charge in [0.05, 0.1) is 12.7 Å². The Bertz CT molecular complexity index is 917. The first-order chi connectivity index (χ1) is 12.4. The molecule has 1 aromatic heterocycles. The molecule has 0 atom stereocenters. The fraction of sp³-hybridized carbons (Fsp3) is 0.250. The number of hydrogen-bond donors (Lipinski definition) is 1. The number of fused-ring (bicyclic) bond motifs is 1.